The van der Waals surface area contributed by atoms with Crippen molar-refractivity contribution in [3.05, 3.63) is 0 Å². The van der Waals surface area contributed by atoms with Crippen LogP contribution in [-0.4, -0.2) is 24.5 Å². The zero-order valence-electron chi connectivity index (χ0n) is 8.72. The van der Waals surface area contributed by atoms with E-state index >= 15 is 0 Å². The standard InChI is InChI=1S/C10H23N/c1-6-8-11(5)10(4)9(3)7-2/h9-10H,6-8H2,1-5H3. The molecule has 0 aromatic rings. The van der Waals surface area contributed by atoms with Crippen molar-refractivity contribution in [2.24, 2.45) is 5.92 Å². The molecule has 0 aliphatic carbocycles. The minimum Gasteiger partial charge on any atom is -0.303 e. The minimum atomic E-state index is 0.736. The fourth-order valence-electron chi connectivity index (χ4n) is 1.33. The second-order valence-corrected chi connectivity index (χ2v) is 3.61. The van der Waals surface area contributed by atoms with E-state index in [2.05, 4.69) is 39.6 Å². The van der Waals surface area contributed by atoms with Crippen molar-refractivity contribution in [3.8, 4) is 0 Å². The molecule has 2 atom stereocenters. The molecule has 0 saturated carbocycles. The van der Waals surface area contributed by atoms with Crippen LogP contribution >= 0.6 is 0 Å². The van der Waals surface area contributed by atoms with Gasteiger partial charge in [-0.2, -0.15) is 0 Å². The van der Waals surface area contributed by atoms with E-state index in [1.807, 2.05) is 0 Å². The molecule has 0 aliphatic rings. The SMILES string of the molecule is CCCN(C)C(C)C(C)CC. The van der Waals surface area contributed by atoms with Crippen molar-refractivity contribution in [3.63, 3.8) is 0 Å². The Morgan fingerprint density at radius 3 is 2.09 bits per heavy atom. The largest absolute Gasteiger partial charge is 0.303 e. The van der Waals surface area contributed by atoms with E-state index < -0.39 is 0 Å². The molecule has 0 rings (SSSR count). The highest BCUT2D eigenvalue weighted by molar-refractivity contribution is 4.68. The van der Waals surface area contributed by atoms with Gasteiger partial charge in [0.1, 0.15) is 0 Å². The molecule has 0 aromatic carbocycles. The van der Waals surface area contributed by atoms with Crippen molar-refractivity contribution in [1.82, 2.24) is 4.90 Å². The molecular formula is C10H23N. The predicted octanol–water partition coefficient (Wildman–Crippen LogP) is 2.76. The Kier molecular flexibility index (Phi) is 5.57. The highest BCUT2D eigenvalue weighted by Crippen LogP contribution is 2.12. The average molecular weight is 157 g/mol. The molecule has 0 bridgehead atoms. The van der Waals surface area contributed by atoms with E-state index in [4.69, 9.17) is 0 Å². The fraction of sp³-hybridized carbons (Fsp3) is 1.00. The first-order valence-corrected chi connectivity index (χ1v) is 4.83. The summed E-state index contributed by atoms with van der Waals surface area (Å²) in [4.78, 5) is 2.45. The first kappa shape index (κ1) is 11.0. The summed E-state index contributed by atoms with van der Waals surface area (Å²) in [6.45, 7) is 10.4. The summed E-state index contributed by atoms with van der Waals surface area (Å²) in [5.41, 5.74) is 0. The van der Waals surface area contributed by atoms with Gasteiger partial charge in [-0.1, -0.05) is 27.2 Å². The van der Waals surface area contributed by atoms with Gasteiger partial charge in [0.25, 0.3) is 0 Å². The lowest BCUT2D eigenvalue weighted by atomic mass is 10.00. The summed E-state index contributed by atoms with van der Waals surface area (Å²) in [6, 6.07) is 0.736. The summed E-state index contributed by atoms with van der Waals surface area (Å²) >= 11 is 0. The molecule has 0 radical (unpaired) electrons. The molecule has 0 aromatic heterocycles. The molecule has 0 aliphatic heterocycles. The Morgan fingerprint density at radius 1 is 1.18 bits per heavy atom. The van der Waals surface area contributed by atoms with Gasteiger partial charge < -0.3 is 4.90 Å². The molecule has 0 amide bonds. The van der Waals surface area contributed by atoms with Crippen LogP contribution in [0.4, 0.5) is 0 Å². The lowest BCUT2D eigenvalue weighted by Crippen LogP contribution is -2.34. The van der Waals surface area contributed by atoms with E-state index in [1.165, 1.54) is 19.4 Å². The van der Waals surface area contributed by atoms with Crippen molar-refractivity contribution >= 4 is 0 Å². The lowest BCUT2D eigenvalue weighted by molar-refractivity contribution is 0.196. The van der Waals surface area contributed by atoms with Gasteiger partial charge in [-0.15, -0.1) is 0 Å². The first-order valence-electron chi connectivity index (χ1n) is 4.83. The van der Waals surface area contributed by atoms with Crippen molar-refractivity contribution in [1.29, 1.82) is 0 Å². The predicted molar refractivity (Wildman–Crippen MR) is 51.8 cm³/mol. The topological polar surface area (TPSA) is 3.24 Å². The smallest absolute Gasteiger partial charge is 0.00894 e. The fourth-order valence-corrected chi connectivity index (χ4v) is 1.33. The maximum absolute atomic E-state index is 2.45. The minimum absolute atomic E-state index is 0.736. The van der Waals surface area contributed by atoms with Crippen molar-refractivity contribution in [2.75, 3.05) is 13.6 Å². The van der Waals surface area contributed by atoms with Gasteiger partial charge >= 0.3 is 0 Å². The van der Waals surface area contributed by atoms with Crippen LogP contribution in [0, 0.1) is 5.92 Å². The van der Waals surface area contributed by atoms with E-state index in [0.29, 0.717) is 0 Å². The summed E-state index contributed by atoms with van der Waals surface area (Å²) < 4.78 is 0. The maximum atomic E-state index is 2.45. The summed E-state index contributed by atoms with van der Waals surface area (Å²) in [5.74, 6) is 0.826. The Morgan fingerprint density at radius 2 is 1.73 bits per heavy atom. The van der Waals surface area contributed by atoms with Crippen LogP contribution < -0.4 is 0 Å². The number of rotatable bonds is 5. The summed E-state index contributed by atoms with van der Waals surface area (Å²) in [7, 11) is 2.22. The Balaban J connectivity index is 3.70. The van der Waals surface area contributed by atoms with Crippen LogP contribution in [-0.2, 0) is 0 Å². The highest BCUT2D eigenvalue weighted by atomic mass is 15.1. The van der Waals surface area contributed by atoms with Gasteiger partial charge in [0.15, 0.2) is 0 Å². The van der Waals surface area contributed by atoms with E-state index in [1.54, 1.807) is 0 Å². The molecule has 1 nitrogen and oxygen atoms in total. The van der Waals surface area contributed by atoms with Crippen molar-refractivity contribution in [2.45, 2.75) is 46.6 Å². The summed E-state index contributed by atoms with van der Waals surface area (Å²) in [5, 5.41) is 0. The zero-order valence-corrected chi connectivity index (χ0v) is 8.72. The molecule has 2 unspecified atom stereocenters. The molecule has 0 spiro atoms. The Labute approximate surface area is 71.8 Å². The Bertz CT molecular complexity index is 90.9. The third-order valence-corrected chi connectivity index (χ3v) is 2.74. The zero-order chi connectivity index (χ0) is 8.85. The maximum Gasteiger partial charge on any atom is 0.00894 e. The normalized spacial score (nSPS) is 16.9. The molecule has 0 saturated heterocycles. The molecular weight excluding hydrogens is 134 g/mol. The third-order valence-electron chi connectivity index (χ3n) is 2.74. The van der Waals surface area contributed by atoms with Gasteiger partial charge in [-0.05, 0) is 32.9 Å². The van der Waals surface area contributed by atoms with Gasteiger partial charge in [0, 0.05) is 6.04 Å². The van der Waals surface area contributed by atoms with Crippen LogP contribution in [0.15, 0.2) is 0 Å². The lowest BCUT2D eigenvalue weighted by Gasteiger charge is -2.28. The molecule has 0 fully saturated rings. The van der Waals surface area contributed by atoms with Gasteiger partial charge in [-0.25, -0.2) is 0 Å². The molecule has 11 heavy (non-hydrogen) atoms. The number of hydrogen-bond donors (Lipinski definition) is 0. The third kappa shape index (κ3) is 3.76. The van der Waals surface area contributed by atoms with E-state index in [-0.39, 0.29) is 0 Å². The van der Waals surface area contributed by atoms with Crippen LogP contribution in [0.3, 0.4) is 0 Å². The van der Waals surface area contributed by atoms with Crippen LogP contribution in [0.2, 0.25) is 0 Å². The molecule has 68 valence electrons. The Hall–Kier alpha value is -0.0400. The molecule has 1 heteroatoms. The second kappa shape index (κ2) is 5.59. The average Bonchev–Trinajstić information content (AvgIpc) is 2.02. The van der Waals surface area contributed by atoms with Crippen LogP contribution in [0.1, 0.15) is 40.5 Å². The monoisotopic (exact) mass is 157 g/mol. The summed E-state index contributed by atoms with van der Waals surface area (Å²) in [6.07, 6.45) is 2.55. The van der Waals surface area contributed by atoms with E-state index in [0.717, 1.165) is 12.0 Å². The molecule has 0 heterocycles. The van der Waals surface area contributed by atoms with Crippen LogP contribution in [0.5, 0.6) is 0 Å². The van der Waals surface area contributed by atoms with E-state index in [9.17, 15) is 0 Å². The van der Waals surface area contributed by atoms with Gasteiger partial charge in [-0.3, -0.25) is 0 Å². The first-order chi connectivity index (χ1) is 5.13. The highest BCUT2D eigenvalue weighted by Gasteiger charge is 2.13. The number of hydrogen-bond acceptors (Lipinski definition) is 1. The number of nitrogens with zero attached hydrogens (tertiary/aromatic N) is 1. The quantitative estimate of drug-likeness (QED) is 0.593. The van der Waals surface area contributed by atoms with Gasteiger partial charge in [0.2, 0.25) is 0 Å². The van der Waals surface area contributed by atoms with Crippen molar-refractivity contribution < 1.29 is 0 Å². The van der Waals surface area contributed by atoms with Gasteiger partial charge in [0.05, 0.1) is 0 Å². The van der Waals surface area contributed by atoms with Crippen LogP contribution in [0.25, 0.3) is 0 Å². The molecule has 0 N–H and O–H groups in total. The second-order valence-electron chi connectivity index (χ2n) is 3.61.